The fourth-order valence-electron chi connectivity index (χ4n) is 5.56. The van der Waals surface area contributed by atoms with E-state index in [9.17, 15) is 19.0 Å². The predicted molar refractivity (Wildman–Crippen MR) is 147 cm³/mol. The summed E-state index contributed by atoms with van der Waals surface area (Å²) in [6.45, 7) is 1.98. The van der Waals surface area contributed by atoms with Crippen molar-refractivity contribution in [2.45, 2.75) is 38.3 Å². The number of hydrogen-bond donors (Lipinski definition) is 2. The molecule has 0 bridgehead atoms. The van der Waals surface area contributed by atoms with Gasteiger partial charge in [0.25, 0.3) is 0 Å². The molecule has 4 heterocycles. The molecular formula is C30H27F3N4O4. The molecule has 0 saturated carbocycles. The van der Waals surface area contributed by atoms with Gasteiger partial charge in [-0.1, -0.05) is 18.9 Å². The van der Waals surface area contributed by atoms with E-state index in [-0.39, 0.29) is 76.3 Å². The number of pyridine rings is 1. The van der Waals surface area contributed by atoms with Crippen LogP contribution in [0.15, 0.2) is 24.3 Å². The number of halogens is 3. The zero-order valence-corrected chi connectivity index (χ0v) is 22.2. The van der Waals surface area contributed by atoms with Crippen LogP contribution in [0.1, 0.15) is 31.7 Å². The number of aromatic nitrogens is 3. The molecule has 0 aliphatic carbocycles. The molecule has 3 atom stereocenters. The van der Waals surface area contributed by atoms with E-state index in [1.54, 1.807) is 0 Å². The minimum absolute atomic E-state index is 0.0144. The third-order valence-corrected chi connectivity index (χ3v) is 7.67. The maximum absolute atomic E-state index is 16.6. The van der Waals surface area contributed by atoms with E-state index in [0.29, 0.717) is 30.6 Å². The Bertz CT molecular complexity index is 1710. The summed E-state index contributed by atoms with van der Waals surface area (Å²) in [5.41, 5.74) is -0.496. The number of aliphatic hydroxyl groups is 1. The van der Waals surface area contributed by atoms with Crippen LogP contribution in [-0.4, -0.2) is 63.7 Å². The second kappa shape index (κ2) is 10.6. The van der Waals surface area contributed by atoms with E-state index in [2.05, 4.69) is 20.9 Å². The molecule has 4 aromatic rings. The second-order valence-corrected chi connectivity index (χ2v) is 10.5. The molecule has 0 spiro atoms. The molecule has 0 radical (unpaired) electrons. The number of aliphatic hydroxyl groups excluding tert-OH is 1. The highest BCUT2D eigenvalue weighted by molar-refractivity contribution is 6.04. The van der Waals surface area contributed by atoms with Gasteiger partial charge in [0, 0.05) is 17.5 Å². The first kappa shape index (κ1) is 26.9. The van der Waals surface area contributed by atoms with Crippen molar-refractivity contribution in [1.29, 1.82) is 0 Å². The number of fused-ring (bicyclic) bond motifs is 3. The highest BCUT2D eigenvalue weighted by Gasteiger charge is 2.38. The molecule has 0 amide bonds. The van der Waals surface area contributed by atoms with E-state index in [4.69, 9.17) is 15.9 Å². The number of phenols is 1. The fourth-order valence-corrected chi connectivity index (χ4v) is 5.56. The number of terminal acetylenes is 1. The Balaban J connectivity index is 1.62. The van der Waals surface area contributed by atoms with Gasteiger partial charge in [-0.3, -0.25) is 4.39 Å². The fraction of sp³-hybridized carbons (Fsp3) is 0.367. The third kappa shape index (κ3) is 4.62. The highest BCUT2D eigenvalue weighted by Crippen LogP contribution is 2.44. The van der Waals surface area contributed by atoms with Gasteiger partial charge in [-0.15, -0.1) is 6.42 Å². The zero-order chi connectivity index (χ0) is 28.8. The lowest BCUT2D eigenvalue weighted by molar-refractivity contribution is 0.0877. The molecule has 0 unspecified atom stereocenters. The lowest BCUT2D eigenvalue weighted by atomic mass is 9.95. The SMILES string of the molecule is C#Cc1c(F)ccc2cc(O)cc(-c3nc4c5c(nc(OC[C@@H](C)CCF)nc5c3F)N3CCC[C@H](O)[C@@H]3CO4)c12. The molecule has 6 rings (SSSR count). The van der Waals surface area contributed by atoms with Crippen molar-refractivity contribution in [1.82, 2.24) is 15.0 Å². The first-order chi connectivity index (χ1) is 19.8. The summed E-state index contributed by atoms with van der Waals surface area (Å²) in [5.74, 6) is 0.725. The number of aromatic hydroxyl groups is 1. The Labute approximate surface area is 233 Å². The molecule has 2 aromatic carbocycles. The number of piperidine rings is 1. The zero-order valence-electron chi connectivity index (χ0n) is 22.2. The van der Waals surface area contributed by atoms with Crippen molar-refractivity contribution < 1.29 is 32.9 Å². The normalized spacial score (nSPS) is 18.9. The summed E-state index contributed by atoms with van der Waals surface area (Å²) in [6.07, 6.45) is 6.42. The number of hydrogen-bond acceptors (Lipinski definition) is 8. The Kier molecular flexibility index (Phi) is 6.95. The summed E-state index contributed by atoms with van der Waals surface area (Å²) in [4.78, 5) is 15.3. The van der Waals surface area contributed by atoms with Gasteiger partial charge in [-0.25, -0.2) is 13.8 Å². The maximum atomic E-state index is 16.6. The number of anilines is 1. The largest absolute Gasteiger partial charge is 0.508 e. The van der Waals surface area contributed by atoms with Crippen LogP contribution in [0.25, 0.3) is 32.9 Å². The van der Waals surface area contributed by atoms with E-state index >= 15 is 4.39 Å². The van der Waals surface area contributed by atoms with Crippen molar-refractivity contribution in [2.75, 3.05) is 31.3 Å². The minimum atomic E-state index is -0.882. The third-order valence-electron chi connectivity index (χ3n) is 7.67. The van der Waals surface area contributed by atoms with Gasteiger partial charge >= 0.3 is 6.01 Å². The van der Waals surface area contributed by atoms with Crippen LogP contribution in [-0.2, 0) is 0 Å². The van der Waals surface area contributed by atoms with Gasteiger partial charge in [-0.05, 0) is 48.8 Å². The summed E-state index contributed by atoms with van der Waals surface area (Å²) in [6, 6.07) is 4.66. The van der Waals surface area contributed by atoms with Crippen LogP contribution in [0.5, 0.6) is 17.6 Å². The van der Waals surface area contributed by atoms with Gasteiger partial charge in [0.05, 0.1) is 31.0 Å². The van der Waals surface area contributed by atoms with Gasteiger partial charge in [0.2, 0.25) is 5.88 Å². The average Bonchev–Trinajstić information content (AvgIpc) is 3.11. The quantitative estimate of drug-likeness (QED) is 0.319. The van der Waals surface area contributed by atoms with Crippen LogP contribution in [0.4, 0.5) is 19.0 Å². The van der Waals surface area contributed by atoms with Crippen LogP contribution in [0, 0.1) is 29.9 Å². The van der Waals surface area contributed by atoms with Crippen LogP contribution in [0.2, 0.25) is 0 Å². The van der Waals surface area contributed by atoms with Crippen molar-refractivity contribution in [2.24, 2.45) is 5.92 Å². The molecule has 8 nitrogen and oxygen atoms in total. The summed E-state index contributed by atoms with van der Waals surface area (Å²) >= 11 is 0. The van der Waals surface area contributed by atoms with Crippen molar-refractivity contribution in [3.05, 3.63) is 41.5 Å². The number of phenolic OH excluding ortho intramolecular Hbond substituents is 1. The lowest BCUT2D eigenvalue weighted by Crippen LogP contribution is -2.51. The molecule has 2 aromatic heterocycles. The van der Waals surface area contributed by atoms with Crippen LogP contribution in [0.3, 0.4) is 0 Å². The molecular weight excluding hydrogens is 537 g/mol. The molecule has 1 fully saturated rings. The number of ether oxygens (including phenoxy) is 2. The van der Waals surface area contributed by atoms with Crippen molar-refractivity contribution in [3.8, 4) is 41.2 Å². The van der Waals surface area contributed by atoms with E-state index in [1.165, 1.54) is 24.3 Å². The summed E-state index contributed by atoms with van der Waals surface area (Å²) < 4.78 is 56.1. The topological polar surface area (TPSA) is 101 Å². The maximum Gasteiger partial charge on any atom is 0.319 e. The summed E-state index contributed by atoms with van der Waals surface area (Å²) in [7, 11) is 0. The van der Waals surface area contributed by atoms with Gasteiger partial charge < -0.3 is 24.6 Å². The van der Waals surface area contributed by atoms with Crippen LogP contribution >= 0.6 is 0 Å². The Morgan fingerprint density at radius 2 is 2.05 bits per heavy atom. The number of benzene rings is 2. The molecule has 2 N–H and O–H groups in total. The van der Waals surface area contributed by atoms with Crippen molar-refractivity contribution >= 4 is 27.5 Å². The standard InChI is InChI=1S/C30H27F3N4O4/c1-3-18-20(32)7-6-16-11-17(38)12-19(23(16)18)26-25(33)27-24-28(36-30(35-27)41-13-15(2)8-9-31)37-10-4-5-22(39)21(37)14-40-29(24)34-26/h1,6-7,11-12,15,21-22,38-39H,4-5,8-10,13-14H2,2H3/t15-,21-,22-/m0/s1. The molecule has 212 valence electrons. The smallest absolute Gasteiger partial charge is 0.319 e. The number of alkyl halides is 1. The average molecular weight is 565 g/mol. The van der Waals surface area contributed by atoms with Gasteiger partial charge in [0.15, 0.2) is 5.82 Å². The van der Waals surface area contributed by atoms with E-state index < -0.39 is 30.5 Å². The molecule has 2 aliphatic rings. The Hall–Kier alpha value is -4.30. The highest BCUT2D eigenvalue weighted by atomic mass is 19.1. The van der Waals surface area contributed by atoms with E-state index in [0.717, 1.165) is 0 Å². The Morgan fingerprint density at radius 3 is 2.83 bits per heavy atom. The molecule has 11 heteroatoms. The molecule has 2 aliphatic heterocycles. The Morgan fingerprint density at radius 1 is 1.22 bits per heavy atom. The lowest BCUT2D eigenvalue weighted by Gasteiger charge is -2.38. The monoisotopic (exact) mass is 564 g/mol. The van der Waals surface area contributed by atoms with Crippen molar-refractivity contribution in [3.63, 3.8) is 0 Å². The van der Waals surface area contributed by atoms with Gasteiger partial charge in [-0.2, -0.15) is 9.97 Å². The van der Waals surface area contributed by atoms with Crippen LogP contribution < -0.4 is 14.4 Å². The van der Waals surface area contributed by atoms with E-state index in [1.807, 2.05) is 11.8 Å². The van der Waals surface area contributed by atoms with Gasteiger partial charge in [0.1, 0.15) is 40.6 Å². The minimum Gasteiger partial charge on any atom is -0.508 e. The number of rotatable bonds is 6. The molecule has 41 heavy (non-hydrogen) atoms. The predicted octanol–water partition coefficient (Wildman–Crippen LogP) is 4.91. The number of nitrogens with zero attached hydrogens (tertiary/aromatic N) is 4. The first-order valence-electron chi connectivity index (χ1n) is 13.4. The second-order valence-electron chi connectivity index (χ2n) is 10.5. The molecule has 1 saturated heterocycles. The first-order valence-corrected chi connectivity index (χ1v) is 13.4. The summed E-state index contributed by atoms with van der Waals surface area (Å²) in [5, 5.41) is 22.0.